The highest BCUT2D eigenvalue weighted by atomic mass is 16.4. The fourth-order valence-electron chi connectivity index (χ4n) is 5.14. The van der Waals surface area contributed by atoms with Gasteiger partial charge in [0.15, 0.2) is 0 Å². The normalized spacial score (nSPS) is 44.6. The molecule has 0 amide bonds. The summed E-state index contributed by atoms with van der Waals surface area (Å²) in [5, 5.41) is 49.4. The molecule has 4 fully saturated rings. The number of carbonyl (C=O) groups is 1. The zero-order valence-corrected chi connectivity index (χ0v) is 14.9. The Morgan fingerprint density at radius 3 is 1.76 bits per heavy atom. The SMILES string of the molecule is CCC12CN3CC(CC)(CN(C1)C3[C@H](O)[C@H](O)[C@@H](O)[C@@H](O)CO)C2=O. The van der Waals surface area contributed by atoms with Gasteiger partial charge in [0.25, 0.3) is 0 Å². The van der Waals surface area contributed by atoms with Crippen molar-refractivity contribution in [1.29, 1.82) is 0 Å². The van der Waals surface area contributed by atoms with Crippen LogP contribution in [-0.4, -0.2) is 104 Å². The number of rotatable bonds is 7. The molecule has 5 N–H and O–H groups in total. The summed E-state index contributed by atoms with van der Waals surface area (Å²) >= 11 is 0. The Morgan fingerprint density at radius 2 is 1.40 bits per heavy atom. The van der Waals surface area contributed by atoms with Gasteiger partial charge in [-0.1, -0.05) is 13.8 Å². The van der Waals surface area contributed by atoms with Crippen molar-refractivity contribution in [3.8, 4) is 0 Å². The lowest BCUT2D eigenvalue weighted by molar-refractivity contribution is -0.234. The monoisotopic (exact) mass is 358 g/mol. The first-order chi connectivity index (χ1) is 11.7. The van der Waals surface area contributed by atoms with E-state index in [2.05, 4.69) is 0 Å². The second-order valence-corrected chi connectivity index (χ2v) is 8.04. The number of aliphatic hydroxyl groups is 5. The van der Waals surface area contributed by atoms with Crippen molar-refractivity contribution in [2.75, 3.05) is 32.8 Å². The summed E-state index contributed by atoms with van der Waals surface area (Å²) in [5.41, 5.74) is -0.867. The maximum atomic E-state index is 13.1. The number of Topliss-reactive ketones (excluding diaryl/α,β-unsaturated/α-hetero) is 1. The fraction of sp³-hybridized carbons (Fsp3) is 0.941. The number of piperidine rings is 2. The molecule has 4 aliphatic heterocycles. The Labute approximate surface area is 147 Å². The molecule has 4 heterocycles. The maximum absolute atomic E-state index is 13.1. The summed E-state index contributed by atoms with van der Waals surface area (Å²) in [4.78, 5) is 17.1. The molecule has 4 bridgehead atoms. The summed E-state index contributed by atoms with van der Waals surface area (Å²) in [6, 6.07) is 0. The minimum Gasteiger partial charge on any atom is -0.394 e. The van der Waals surface area contributed by atoms with Crippen molar-refractivity contribution in [2.24, 2.45) is 10.8 Å². The van der Waals surface area contributed by atoms with Crippen molar-refractivity contribution in [1.82, 2.24) is 9.80 Å². The van der Waals surface area contributed by atoms with Gasteiger partial charge in [-0.15, -0.1) is 0 Å². The second kappa shape index (κ2) is 6.53. The van der Waals surface area contributed by atoms with Gasteiger partial charge >= 0.3 is 0 Å². The highest BCUT2D eigenvalue weighted by Gasteiger charge is 2.65. The fourth-order valence-corrected chi connectivity index (χ4v) is 5.14. The molecule has 0 spiro atoms. The highest BCUT2D eigenvalue weighted by Crippen LogP contribution is 2.51. The van der Waals surface area contributed by atoms with Crippen LogP contribution in [-0.2, 0) is 4.79 Å². The lowest BCUT2D eigenvalue weighted by Crippen LogP contribution is -2.81. The summed E-state index contributed by atoms with van der Waals surface area (Å²) in [6.45, 7) is 5.47. The molecule has 0 unspecified atom stereocenters. The average molecular weight is 358 g/mol. The van der Waals surface area contributed by atoms with Crippen molar-refractivity contribution in [3.63, 3.8) is 0 Å². The van der Waals surface area contributed by atoms with E-state index in [0.29, 0.717) is 32.0 Å². The topological polar surface area (TPSA) is 125 Å². The second-order valence-electron chi connectivity index (χ2n) is 8.04. The maximum Gasteiger partial charge on any atom is 0.150 e. The molecule has 4 rings (SSSR count). The number of carbonyl (C=O) groups excluding carboxylic acids is 1. The van der Waals surface area contributed by atoms with Crippen LogP contribution in [0.4, 0.5) is 0 Å². The lowest BCUT2D eigenvalue weighted by Gasteiger charge is -2.67. The van der Waals surface area contributed by atoms with Crippen LogP contribution < -0.4 is 0 Å². The Kier molecular flexibility index (Phi) is 5.00. The molecule has 4 aliphatic rings. The minimum atomic E-state index is -1.64. The lowest BCUT2D eigenvalue weighted by atomic mass is 9.58. The van der Waals surface area contributed by atoms with Crippen LogP contribution in [0.1, 0.15) is 26.7 Å². The van der Waals surface area contributed by atoms with Gasteiger partial charge in [0.1, 0.15) is 30.2 Å². The third kappa shape index (κ3) is 2.66. The predicted molar refractivity (Wildman–Crippen MR) is 88.5 cm³/mol. The molecule has 0 saturated carbocycles. The number of hydrogen-bond acceptors (Lipinski definition) is 8. The molecular formula is C17H30N2O6. The molecule has 4 saturated heterocycles. The third-order valence-electron chi connectivity index (χ3n) is 6.67. The smallest absolute Gasteiger partial charge is 0.150 e. The van der Waals surface area contributed by atoms with Crippen molar-refractivity contribution >= 4 is 5.78 Å². The Morgan fingerprint density at radius 1 is 0.960 bits per heavy atom. The molecular weight excluding hydrogens is 328 g/mol. The molecule has 0 radical (unpaired) electrons. The summed E-state index contributed by atoms with van der Waals surface area (Å²) in [7, 11) is 0. The molecule has 0 aromatic rings. The van der Waals surface area contributed by atoms with Crippen LogP contribution >= 0.6 is 0 Å². The summed E-state index contributed by atoms with van der Waals surface area (Å²) < 4.78 is 0. The first-order valence-electron chi connectivity index (χ1n) is 9.11. The number of nitrogens with zero attached hydrogens (tertiary/aromatic N) is 2. The van der Waals surface area contributed by atoms with E-state index in [9.17, 15) is 25.2 Å². The van der Waals surface area contributed by atoms with Crippen molar-refractivity contribution < 1.29 is 30.3 Å². The van der Waals surface area contributed by atoms with E-state index in [4.69, 9.17) is 5.11 Å². The molecule has 8 nitrogen and oxygen atoms in total. The van der Waals surface area contributed by atoms with Gasteiger partial charge in [0.05, 0.1) is 23.6 Å². The van der Waals surface area contributed by atoms with Gasteiger partial charge in [0.2, 0.25) is 0 Å². The third-order valence-corrected chi connectivity index (χ3v) is 6.67. The van der Waals surface area contributed by atoms with Crippen LogP contribution in [0.3, 0.4) is 0 Å². The quantitative estimate of drug-likeness (QED) is 0.346. The molecule has 8 heteroatoms. The largest absolute Gasteiger partial charge is 0.394 e. The number of aliphatic hydroxyl groups excluding tert-OH is 5. The van der Waals surface area contributed by atoms with Crippen molar-refractivity contribution in [2.45, 2.75) is 57.3 Å². The van der Waals surface area contributed by atoms with Gasteiger partial charge in [-0.3, -0.25) is 14.6 Å². The molecule has 25 heavy (non-hydrogen) atoms. The van der Waals surface area contributed by atoms with Crippen LogP contribution in [0.2, 0.25) is 0 Å². The van der Waals surface area contributed by atoms with Crippen LogP contribution in [0, 0.1) is 10.8 Å². The van der Waals surface area contributed by atoms with E-state index in [-0.39, 0.29) is 0 Å². The zero-order chi connectivity index (χ0) is 18.6. The van der Waals surface area contributed by atoms with Gasteiger partial charge < -0.3 is 25.5 Å². The van der Waals surface area contributed by atoms with Gasteiger partial charge in [-0.05, 0) is 12.8 Å². The standard InChI is InChI=1S/C17H30N2O6/c1-3-16-6-18-8-17(4-2,15(16)25)9-19(7-16)14(18)13(24)12(23)11(22)10(21)5-20/h10-14,20-24H,3-9H2,1-2H3/t10-,11-,12+,13+,14?,16?,17?/m0/s1. The molecule has 0 aliphatic carbocycles. The van der Waals surface area contributed by atoms with Gasteiger partial charge in [0, 0.05) is 26.2 Å². The van der Waals surface area contributed by atoms with Gasteiger partial charge in [-0.2, -0.15) is 0 Å². The highest BCUT2D eigenvalue weighted by molar-refractivity contribution is 5.93. The Balaban J connectivity index is 1.84. The Hall–Kier alpha value is -0.610. The first kappa shape index (κ1) is 19.2. The van der Waals surface area contributed by atoms with Crippen LogP contribution in [0.25, 0.3) is 0 Å². The van der Waals surface area contributed by atoms with Crippen molar-refractivity contribution in [3.05, 3.63) is 0 Å². The first-order valence-corrected chi connectivity index (χ1v) is 9.11. The van der Waals surface area contributed by atoms with E-state index >= 15 is 0 Å². The molecule has 0 aromatic carbocycles. The number of ketones is 1. The van der Waals surface area contributed by atoms with E-state index < -0.39 is 48.0 Å². The zero-order valence-electron chi connectivity index (χ0n) is 14.9. The minimum absolute atomic E-state index is 0.321. The molecule has 4 atom stereocenters. The van der Waals surface area contributed by atoms with E-state index in [0.717, 1.165) is 12.8 Å². The van der Waals surface area contributed by atoms with Crippen LogP contribution in [0.15, 0.2) is 0 Å². The van der Waals surface area contributed by atoms with E-state index in [1.807, 2.05) is 23.6 Å². The van der Waals surface area contributed by atoms with E-state index in [1.54, 1.807) is 0 Å². The number of hydrogen-bond donors (Lipinski definition) is 5. The summed E-state index contributed by atoms with van der Waals surface area (Å²) in [5.74, 6) is 0.321. The summed E-state index contributed by atoms with van der Waals surface area (Å²) in [6.07, 6.45) is -5.10. The van der Waals surface area contributed by atoms with Crippen LogP contribution in [0.5, 0.6) is 0 Å². The average Bonchev–Trinajstić information content (AvgIpc) is 2.62. The Bertz CT molecular complexity index is 487. The predicted octanol–water partition coefficient (Wildman–Crippen LogP) is -2.24. The van der Waals surface area contributed by atoms with Gasteiger partial charge in [-0.25, -0.2) is 0 Å². The van der Waals surface area contributed by atoms with E-state index in [1.165, 1.54) is 0 Å². The molecule has 0 aromatic heterocycles. The molecule has 144 valence electrons.